The maximum absolute atomic E-state index is 13.4. The summed E-state index contributed by atoms with van der Waals surface area (Å²) in [5.74, 6) is 0.598. The van der Waals surface area contributed by atoms with Gasteiger partial charge in [0.2, 0.25) is 5.95 Å². The van der Waals surface area contributed by atoms with E-state index in [1.807, 2.05) is 0 Å². The highest BCUT2D eigenvalue weighted by atomic mass is 79.9. The molecule has 0 aliphatic carbocycles. The third kappa shape index (κ3) is 5.50. The van der Waals surface area contributed by atoms with Crippen LogP contribution in [0.1, 0.15) is 8.22 Å². The molecule has 13 heteroatoms. The van der Waals surface area contributed by atoms with Crippen LogP contribution in [0.25, 0.3) is 22.2 Å². The molecule has 5 aromatic rings. The number of aromatic nitrogens is 6. The maximum Gasteiger partial charge on any atom is 0.229 e. The van der Waals surface area contributed by atoms with Crippen LogP contribution < -0.4 is 25.6 Å². The molecule has 0 aliphatic rings. The van der Waals surface area contributed by atoms with Gasteiger partial charge in [0.15, 0.2) is 0 Å². The van der Waals surface area contributed by atoms with E-state index in [0.717, 1.165) is 0 Å². The molecule has 0 bridgehead atoms. The summed E-state index contributed by atoms with van der Waals surface area (Å²) in [5, 5.41) is 11.0. The highest BCUT2D eigenvalue weighted by Crippen LogP contribution is 2.42. The molecule has 0 saturated heterocycles. The number of hydrogen-bond donors (Lipinski definition) is 2. The van der Waals surface area contributed by atoms with Gasteiger partial charge in [-0.15, -0.1) is 0 Å². The molecule has 0 amide bonds. The molecule has 0 spiro atoms. The van der Waals surface area contributed by atoms with E-state index in [4.69, 9.17) is 13.0 Å². The Morgan fingerprint density at radius 3 is 2.58 bits per heavy atom. The summed E-state index contributed by atoms with van der Waals surface area (Å²) < 4.78 is 69.0. The Labute approximate surface area is 249 Å². The fraction of sp³-hybridized carbons (Fsp3) is 0.222. The Morgan fingerprint density at radius 1 is 1.07 bits per heavy atom. The van der Waals surface area contributed by atoms with Crippen molar-refractivity contribution >= 4 is 68.2 Å². The number of methoxy groups -OCH3 is 1. The summed E-state index contributed by atoms with van der Waals surface area (Å²) in [6.07, 6.45) is 7.76. The lowest BCUT2D eigenvalue weighted by atomic mass is 10.0. The van der Waals surface area contributed by atoms with Crippen molar-refractivity contribution in [1.82, 2.24) is 29.7 Å². The Kier molecular flexibility index (Phi) is 5.65. The van der Waals surface area contributed by atoms with Crippen LogP contribution in [0, 0.1) is 0 Å². The molecular weight excluding hydrogens is 593 g/mol. The molecule has 0 atom stereocenters. The van der Waals surface area contributed by atoms with Gasteiger partial charge >= 0.3 is 0 Å². The smallest absolute Gasteiger partial charge is 0.229 e. The first-order chi connectivity index (χ1) is 21.5. The van der Waals surface area contributed by atoms with Crippen molar-refractivity contribution in [2.24, 2.45) is 7.05 Å². The zero-order valence-corrected chi connectivity index (χ0v) is 24.4. The fourth-order valence-electron chi connectivity index (χ4n) is 4.24. The molecule has 11 nitrogen and oxygen atoms in total. The minimum absolute atomic E-state index is 0.107. The minimum Gasteiger partial charge on any atom is -0.494 e. The first-order valence-electron chi connectivity index (χ1n) is 14.8. The van der Waals surface area contributed by atoms with Gasteiger partial charge in [0.1, 0.15) is 24.2 Å². The second-order valence-electron chi connectivity index (χ2n) is 9.18. The van der Waals surface area contributed by atoms with E-state index in [9.17, 15) is 4.57 Å². The third-order valence-corrected chi connectivity index (χ3v) is 8.08. The molecule has 0 radical (unpaired) electrons. The minimum atomic E-state index is -3.01. The van der Waals surface area contributed by atoms with Crippen molar-refractivity contribution in [3.63, 3.8) is 0 Å². The van der Waals surface area contributed by atoms with Gasteiger partial charge in [-0.2, -0.15) is 10.1 Å². The molecule has 2 N–H and O–H groups in total. The summed E-state index contributed by atoms with van der Waals surface area (Å²) in [4.78, 5) is 18.1. The van der Waals surface area contributed by atoms with E-state index >= 15 is 0 Å². The van der Waals surface area contributed by atoms with Crippen molar-refractivity contribution in [2.75, 3.05) is 49.9 Å². The van der Waals surface area contributed by atoms with Crippen LogP contribution in [-0.4, -0.2) is 64.1 Å². The predicted octanol–water partition coefficient (Wildman–Crippen LogP) is 5.39. The molecular formula is C27H29BrN9O2P. The summed E-state index contributed by atoms with van der Waals surface area (Å²) in [6.45, 7) is -2.71. The van der Waals surface area contributed by atoms with E-state index < -0.39 is 21.1 Å². The van der Waals surface area contributed by atoms with Gasteiger partial charge in [0.25, 0.3) is 0 Å². The Balaban J connectivity index is 1.60. The number of fused-ring (bicyclic) bond motifs is 1. The number of ether oxygens (including phenoxy) is 1. The SMILES string of the molecule is [2H]C([2H])([2H])N(c1cc(OC)c(Nc2ncc(Br)c(Nc3ccc4nccnc4c3P(C)(C)=O)n2)cc1-c1cnn(C)c1)C([2H])([2H])[2H]. The van der Waals surface area contributed by atoms with Gasteiger partial charge in [-0.1, -0.05) is 0 Å². The van der Waals surface area contributed by atoms with Crippen molar-refractivity contribution in [3.8, 4) is 16.9 Å². The summed E-state index contributed by atoms with van der Waals surface area (Å²) >= 11 is 3.48. The normalized spacial score (nSPS) is 14.3. The average molecular weight is 629 g/mol. The van der Waals surface area contributed by atoms with E-state index in [-0.39, 0.29) is 22.9 Å². The second-order valence-corrected chi connectivity index (χ2v) is 13.2. The third-order valence-electron chi connectivity index (χ3n) is 5.97. The van der Waals surface area contributed by atoms with Crippen molar-refractivity contribution in [1.29, 1.82) is 0 Å². The van der Waals surface area contributed by atoms with Crippen molar-refractivity contribution < 1.29 is 17.5 Å². The first-order valence-corrected chi connectivity index (χ1v) is 15.2. The largest absolute Gasteiger partial charge is 0.494 e. The summed E-state index contributed by atoms with van der Waals surface area (Å²) in [7, 11) is 0.209. The Hall–Kier alpha value is -4.02. The molecule has 40 heavy (non-hydrogen) atoms. The molecule has 0 saturated carbocycles. The van der Waals surface area contributed by atoms with Gasteiger partial charge in [-0.05, 0) is 47.5 Å². The van der Waals surface area contributed by atoms with E-state index in [0.29, 0.717) is 48.5 Å². The lowest BCUT2D eigenvalue weighted by Crippen LogP contribution is -2.14. The first kappa shape index (κ1) is 20.8. The topological polar surface area (TPSA) is 123 Å². The number of anilines is 5. The quantitative estimate of drug-likeness (QED) is 0.216. The van der Waals surface area contributed by atoms with Crippen LogP contribution >= 0.6 is 23.1 Å². The zero-order chi connectivity index (χ0) is 33.6. The van der Waals surface area contributed by atoms with Crippen LogP contribution in [0.3, 0.4) is 0 Å². The van der Waals surface area contributed by atoms with Gasteiger partial charge in [-0.25, -0.2) is 4.98 Å². The lowest BCUT2D eigenvalue weighted by molar-refractivity contribution is 0.417. The maximum atomic E-state index is 13.4. The van der Waals surface area contributed by atoms with E-state index in [2.05, 4.69) is 51.6 Å². The van der Waals surface area contributed by atoms with Gasteiger partial charge in [0.05, 0.1) is 40.0 Å². The summed E-state index contributed by atoms with van der Waals surface area (Å²) in [6, 6.07) is 6.42. The molecule has 2 aromatic carbocycles. The molecule has 3 heterocycles. The van der Waals surface area contributed by atoms with Crippen LogP contribution in [0.5, 0.6) is 5.75 Å². The second kappa shape index (κ2) is 10.9. The molecule has 0 unspecified atom stereocenters. The van der Waals surface area contributed by atoms with Crippen molar-refractivity contribution in [2.45, 2.75) is 0 Å². The van der Waals surface area contributed by atoms with Gasteiger partial charge in [0, 0.05) is 76.9 Å². The number of halogens is 1. The van der Waals surface area contributed by atoms with E-state index in [1.54, 1.807) is 57.2 Å². The van der Waals surface area contributed by atoms with Crippen LogP contribution in [0.4, 0.5) is 28.8 Å². The molecule has 0 aliphatic heterocycles. The number of rotatable bonds is 8. The number of nitrogens with one attached hydrogen (secondary N) is 2. The molecule has 5 rings (SSSR count). The summed E-state index contributed by atoms with van der Waals surface area (Å²) in [5.41, 5.74) is 2.60. The molecule has 0 fully saturated rings. The predicted molar refractivity (Wildman–Crippen MR) is 164 cm³/mol. The van der Waals surface area contributed by atoms with Crippen LogP contribution in [0.2, 0.25) is 0 Å². The number of benzene rings is 2. The average Bonchev–Trinajstić information content (AvgIpc) is 3.38. The Morgan fingerprint density at radius 2 is 1.88 bits per heavy atom. The number of nitrogens with zero attached hydrogens (tertiary/aromatic N) is 7. The van der Waals surface area contributed by atoms with Gasteiger partial charge < -0.3 is 24.8 Å². The lowest BCUT2D eigenvalue weighted by Gasteiger charge is -2.21. The van der Waals surface area contributed by atoms with Gasteiger partial charge in [-0.3, -0.25) is 14.6 Å². The van der Waals surface area contributed by atoms with Crippen molar-refractivity contribution in [3.05, 3.63) is 59.7 Å². The molecule has 206 valence electrons. The fourth-order valence-corrected chi connectivity index (χ4v) is 5.93. The zero-order valence-electron chi connectivity index (χ0n) is 28.0. The number of hydrogen-bond acceptors (Lipinski definition) is 10. The standard InChI is InChI=1S/C27H29BrN9O2P/c1-36(2)22-12-23(39-4)21(11-17(22)16-13-32-37(3)15-16)34-27-31-14-18(28)26(35-27)33-20-8-7-19-24(30-10-9-29-19)25(20)40(5,6)38/h7-15H,1-6H3,(H2,31,33,34,35)/i1D3,2D3. The monoisotopic (exact) mass is 627 g/mol. The highest BCUT2D eigenvalue weighted by Gasteiger charge is 2.23. The number of aryl methyl sites for hydroxylation is 1. The van der Waals surface area contributed by atoms with Crippen LogP contribution in [0.15, 0.2) is 59.7 Å². The Bertz CT molecular complexity index is 1970. The highest BCUT2D eigenvalue weighted by molar-refractivity contribution is 9.10. The van der Waals surface area contributed by atoms with Crippen LogP contribution in [-0.2, 0) is 11.6 Å². The van der Waals surface area contributed by atoms with E-state index in [1.165, 1.54) is 30.3 Å². The molecule has 3 aromatic heterocycles.